The Morgan fingerprint density at radius 2 is 1.04 bits per heavy atom. The molecule has 0 unspecified atom stereocenters. The Hall–Kier alpha value is -6.90. The Bertz CT molecular complexity index is 3110. The molecule has 2 heteroatoms. The third kappa shape index (κ3) is 4.88. The fourth-order valence-electron chi connectivity index (χ4n) is 9.08. The number of hydrogen-bond acceptors (Lipinski definition) is 2. The number of fused-ring (bicyclic) bond motifs is 8. The first kappa shape index (κ1) is 31.6. The lowest BCUT2D eigenvalue weighted by molar-refractivity contribution is 0.660. The lowest BCUT2D eigenvalue weighted by Gasteiger charge is -2.28. The fraction of sp³-hybridized carbons (Fsp3) is 0.0566. The van der Waals surface area contributed by atoms with E-state index in [1.165, 1.54) is 54.9 Å². The summed E-state index contributed by atoms with van der Waals surface area (Å²) in [7, 11) is 0. The highest BCUT2D eigenvalue weighted by Crippen LogP contribution is 2.52. The maximum Gasteiger partial charge on any atom is 0.159 e. The Morgan fingerprint density at radius 1 is 0.400 bits per heavy atom. The summed E-state index contributed by atoms with van der Waals surface area (Å²) in [5, 5.41) is 6.99. The molecule has 0 aliphatic heterocycles. The van der Waals surface area contributed by atoms with Crippen molar-refractivity contribution in [1.29, 1.82) is 0 Å². The fourth-order valence-corrected chi connectivity index (χ4v) is 9.08. The Kier molecular flexibility index (Phi) is 6.93. The van der Waals surface area contributed by atoms with E-state index in [-0.39, 0.29) is 5.41 Å². The summed E-state index contributed by atoms with van der Waals surface area (Å²) < 4.78 is 7.25. The molecule has 0 fully saturated rings. The third-order valence-corrected chi connectivity index (χ3v) is 11.8. The van der Waals surface area contributed by atoms with Crippen molar-refractivity contribution in [2.45, 2.75) is 19.3 Å². The second-order valence-corrected chi connectivity index (χ2v) is 15.3. The molecule has 1 heterocycles. The van der Waals surface area contributed by atoms with Gasteiger partial charge in [0.05, 0.1) is 5.69 Å². The molecule has 260 valence electrons. The van der Waals surface area contributed by atoms with E-state index in [2.05, 4.69) is 207 Å². The van der Waals surface area contributed by atoms with Gasteiger partial charge in [-0.1, -0.05) is 166 Å². The molecule has 0 atom stereocenters. The van der Waals surface area contributed by atoms with Crippen LogP contribution >= 0.6 is 0 Å². The Morgan fingerprint density at radius 3 is 1.89 bits per heavy atom. The van der Waals surface area contributed by atoms with Gasteiger partial charge in [0.1, 0.15) is 5.58 Å². The minimum Gasteiger partial charge on any atom is -0.453 e. The Labute approximate surface area is 320 Å². The van der Waals surface area contributed by atoms with Crippen molar-refractivity contribution in [3.63, 3.8) is 0 Å². The quantitative estimate of drug-likeness (QED) is 0.177. The molecule has 11 rings (SSSR count). The molecule has 9 aromatic carbocycles. The van der Waals surface area contributed by atoms with E-state index in [0.717, 1.165) is 50.1 Å². The van der Waals surface area contributed by atoms with E-state index >= 15 is 0 Å². The molecule has 2 nitrogen and oxygen atoms in total. The van der Waals surface area contributed by atoms with Crippen molar-refractivity contribution >= 4 is 60.5 Å². The van der Waals surface area contributed by atoms with Gasteiger partial charge in [0.25, 0.3) is 0 Å². The van der Waals surface area contributed by atoms with Gasteiger partial charge in [-0.2, -0.15) is 0 Å². The van der Waals surface area contributed by atoms with Crippen molar-refractivity contribution in [2.24, 2.45) is 0 Å². The number of anilines is 3. The largest absolute Gasteiger partial charge is 0.453 e. The second-order valence-electron chi connectivity index (χ2n) is 15.3. The molecule has 1 aromatic heterocycles. The molecule has 10 aromatic rings. The summed E-state index contributed by atoms with van der Waals surface area (Å²) in [5.74, 6) is 0. The topological polar surface area (TPSA) is 16.4 Å². The lowest BCUT2D eigenvalue weighted by atomic mass is 9.82. The smallest absolute Gasteiger partial charge is 0.159 e. The predicted molar refractivity (Wildman–Crippen MR) is 232 cm³/mol. The van der Waals surface area contributed by atoms with Crippen LogP contribution in [-0.2, 0) is 5.41 Å². The molecule has 1 aliphatic carbocycles. The summed E-state index contributed by atoms with van der Waals surface area (Å²) in [6.07, 6.45) is 0. The molecule has 0 amide bonds. The number of furan rings is 1. The predicted octanol–water partition coefficient (Wildman–Crippen LogP) is 15.0. The minimum absolute atomic E-state index is 0.132. The van der Waals surface area contributed by atoms with Crippen molar-refractivity contribution < 1.29 is 4.42 Å². The van der Waals surface area contributed by atoms with Crippen LogP contribution in [0.5, 0.6) is 0 Å². The molecule has 55 heavy (non-hydrogen) atoms. The molecular formula is C53H37NO. The van der Waals surface area contributed by atoms with E-state index in [0.29, 0.717) is 0 Å². The highest BCUT2D eigenvalue weighted by atomic mass is 16.3. The van der Waals surface area contributed by atoms with Gasteiger partial charge in [0.15, 0.2) is 5.58 Å². The summed E-state index contributed by atoms with van der Waals surface area (Å²) in [6, 6.07) is 68.3. The highest BCUT2D eigenvalue weighted by molar-refractivity contribution is 6.20. The van der Waals surface area contributed by atoms with Crippen molar-refractivity contribution in [2.75, 3.05) is 4.90 Å². The van der Waals surface area contributed by atoms with Gasteiger partial charge in [0, 0.05) is 33.1 Å². The van der Waals surface area contributed by atoms with Crippen LogP contribution in [-0.4, -0.2) is 0 Å². The second kappa shape index (κ2) is 12.1. The average Bonchev–Trinajstić information content (AvgIpc) is 3.72. The van der Waals surface area contributed by atoms with Crippen LogP contribution in [0, 0.1) is 0 Å². The van der Waals surface area contributed by atoms with Gasteiger partial charge >= 0.3 is 0 Å². The van der Waals surface area contributed by atoms with E-state index in [4.69, 9.17) is 4.42 Å². The monoisotopic (exact) mass is 703 g/mol. The van der Waals surface area contributed by atoms with Crippen LogP contribution in [0.1, 0.15) is 25.0 Å². The van der Waals surface area contributed by atoms with Crippen molar-refractivity contribution in [3.05, 3.63) is 199 Å². The average molecular weight is 704 g/mol. The van der Waals surface area contributed by atoms with Crippen LogP contribution in [0.25, 0.3) is 76.9 Å². The lowest BCUT2D eigenvalue weighted by Crippen LogP contribution is -2.16. The standard InChI is InChI=1S/C53H37NO/c1-53(2)47-21-11-10-19-43(47)44-30-29-41(33-48(44)53)54(40-28-27-35-15-6-7-16-38(35)31-40)49-22-12-20-45-46-32-39-17-8-9-18-42(39)50(52(46)55-51(45)49)37-25-23-36(24-26-37)34-13-4-3-5-14-34/h3-33H,1-2H3. The van der Waals surface area contributed by atoms with Crippen molar-refractivity contribution in [3.8, 4) is 33.4 Å². The van der Waals surface area contributed by atoms with Gasteiger partial charge in [-0.3, -0.25) is 0 Å². The Balaban J connectivity index is 1.16. The molecule has 0 bridgehead atoms. The van der Waals surface area contributed by atoms with Crippen LogP contribution in [0.2, 0.25) is 0 Å². The number of hydrogen-bond donors (Lipinski definition) is 0. The molecule has 0 saturated carbocycles. The normalized spacial score (nSPS) is 13.1. The molecule has 0 spiro atoms. The van der Waals surface area contributed by atoms with Gasteiger partial charge < -0.3 is 9.32 Å². The first-order valence-corrected chi connectivity index (χ1v) is 19.1. The maximum atomic E-state index is 7.25. The van der Waals surface area contributed by atoms with E-state index in [1.807, 2.05) is 0 Å². The van der Waals surface area contributed by atoms with Crippen LogP contribution in [0.4, 0.5) is 17.1 Å². The zero-order valence-electron chi connectivity index (χ0n) is 30.8. The number of rotatable bonds is 5. The summed E-state index contributed by atoms with van der Waals surface area (Å²) in [6.45, 7) is 4.70. The minimum atomic E-state index is -0.132. The third-order valence-electron chi connectivity index (χ3n) is 11.8. The molecule has 0 radical (unpaired) electrons. The number of para-hydroxylation sites is 1. The SMILES string of the molecule is CC1(C)c2ccccc2-c2ccc(N(c3ccc4ccccc4c3)c3cccc4c3oc3c(-c5ccc(-c6ccccc6)cc5)c5ccccc5cc34)cc21. The highest BCUT2D eigenvalue weighted by Gasteiger charge is 2.36. The first-order valence-electron chi connectivity index (χ1n) is 19.1. The van der Waals surface area contributed by atoms with Crippen LogP contribution < -0.4 is 4.90 Å². The summed E-state index contributed by atoms with van der Waals surface area (Å²) >= 11 is 0. The molecule has 0 N–H and O–H groups in total. The van der Waals surface area contributed by atoms with E-state index in [9.17, 15) is 0 Å². The maximum absolute atomic E-state index is 7.25. The number of benzene rings is 9. The first-order chi connectivity index (χ1) is 27.0. The van der Waals surface area contributed by atoms with E-state index in [1.54, 1.807) is 0 Å². The molecule has 1 aliphatic rings. The van der Waals surface area contributed by atoms with E-state index < -0.39 is 0 Å². The van der Waals surface area contributed by atoms with Crippen LogP contribution in [0.3, 0.4) is 0 Å². The summed E-state index contributed by atoms with van der Waals surface area (Å²) in [5.41, 5.74) is 14.8. The summed E-state index contributed by atoms with van der Waals surface area (Å²) in [4.78, 5) is 2.39. The van der Waals surface area contributed by atoms with Gasteiger partial charge in [0.2, 0.25) is 0 Å². The van der Waals surface area contributed by atoms with Crippen molar-refractivity contribution in [1.82, 2.24) is 0 Å². The zero-order valence-corrected chi connectivity index (χ0v) is 30.8. The van der Waals surface area contributed by atoms with Gasteiger partial charge in [-0.15, -0.1) is 0 Å². The van der Waals surface area contributed by atoms with Crippen LogP contribution in [0.15, 0.2) is 192 Å². The number of nitrogens with zero attached hydrogens (tertiary/aromatic N) is 1. The van der Waals surface area contributed by atoms with Gasteiger partial charge in [-0.05, 0) is 96.9 Å². The molecule has 0 saturated heterocycles. The molecular weight excluding hydrogens is 667 g/mol. The zero-order chi connectivity index (χ0) is 36.7. The van der Waals surface area contributed by atoms with Gasteiger partial charge in [-0.25, -0.2) is 0 Å².